The smallest absolute Gasteiger partial charge is 0.289 e. The lowest BCUT2D eigenvalue weighted by atomic mass is 10.0. The van der Waals surface area contributed by atoms with Gasteiger partial charge in [0.05, 0.1) is 11.0 Å². The number of amides is 1. The number of nitro groups is 1. The zero-order valence-electron chi connectivity index (χ0n) is 10.0. The van der Waals surface area contributed by atoms with Crippen molar-refractivity contribution < 1.29 is 9.72 Å². The molecule has 0 saturated carbocycles. The van der Waals surface area contributed by atoms with Crippen LogP contribution in [0.15, 0.2) is 18.2 Å². The zero-order valence-corrected chi connectivity index (χ0v) is 10.8. The van der Waals surface area contributed by atoms with Gasteiger partial charge in [0.1, 0.15) is 5.02 Å². The van der Waals surface area contributed by atoms with E-state index in [0.717, 1.165) is 0 Å². The summed E-state index contributed by atoms with van der Waals surface area (Å²) in [6.45, 7) is 3.63. The molecule has 18 heavy (non-hydrogen) atoms. The summed E-state index contributed by atoms with van der Waals surface area (Å²) in [7, 11) is 0. The second kappa shape index (κ2) is 5.79. The van der Waals surface area contributed by atoms with Gasteiger partial charge in [0, 0.05) is 11.8 Å². The van der Waals surface area contributed by atoms with Crippen LogP contribution in [0.5, 0.6) is 0 Å². The van der Waals surface area contributed by atoms with Crippen LogP contribution in [0.3, 0.4) is 0 Å². The van der Waals surface area contributed by atoms with Crippen LogP contribution in [0.25, 0.3) is 0 Å². The molecule has 0 fully saturated rings. The van der Waals surface area contributed by atoms with E-state index in [4.69, 9.17) is 17.3 Å². The van der Waals surface area contributed by atoms with Gasteiger partial charge in [0.25, 0.3) is 5.69 Å². The van der Waals surface area contributed by atoms with Crippen molar-refractivity contribution in [1.29, 1.82) is 0 Å². The molecule has 0 aliphatic carbocycles. The molecule has 0 aromatic heterocycles. The van der Waals surface area contributed by atoms with Crippen molar-refractivity contribution in [3.63, 3.8) is 0 Å². The van der Waals surface area contributed by atoms with Crippen molar-refractivity contribution in [2.75, 3.05) is 5.32 Å². The normalized spacial score (nSPS) is 12.3. The number of carbonyl (C=O) groups is 1. The van der Waals surface area contributed by atoms with Gasteiger partial charge in [-0.2, -0.15) is 0 Å². The first-order chi connectivity index (χ1) is 8.32. The average molecular weight is 272 g/mol. The molecule has 3 N–H and O–H groups in total. The average Bonchev–Trinajstić information content (AvgIpc) is 2.29. The number of benzene rings is 1. The summed E-state index contributed by atoms with van der Waals surface area (Å²) < 4.78 is 0. The molecular weight excluding hydrogens is 258 g/mol. The number of nitrogens with zero attached hydrogens (tertiary/aromatic N) is 1. The largest absolute Gasteiger partial charge is 0.324 e. The van der Waals surface area contributed by atoms with Crippen LogP contribution in [-0.2, 0) is 4.79 Å². The van der Waals surface area contributed by atoms with Gasteiger partial charge in [-0.15, -0.1) is 0 Å². The van der Waals surface area contributed by atoms with E-state index in [9.17, 15) is 14.9 Å². The number of nitro benzene ring substituents is 1. The highest BCUT2D eigenvalue weighted by atomic mass is 35.5. The number of hydrogen-bond donors (Lipinski definition) is 2. The summed E-state index contributed by atoms with van der Waals surface area (Å²) in [4.78, 5) is 21.8. The second-order valence-electron chi connectivity index (χ2n) is 4.18. The quantitative estimate of drug-likeness (QED) is 0.647. The monoisotopic (exact) mass is 271 g/mol. The fourth-order valence-corrected chi connectivity index (χ4v) is 1.45. The number of carbonyl (C=O) groups excluding carboxylic acids is 1. The van der Waals surface area contributed by atoms with Crippen LogP contribution >= 0.6 is 11.6 Å². The van der Waals surface area contributed by atoms with Crippen LogP contribution in [0.2, 0.25) is 5.02 Å². The Morgan fingerprint density at radius 2 is 2.11 bits per heavy atom. The first-order valence-corrected chi connectivity index (χ1v) is 5.71. The molecule has 1 aromatic rings. The Labute approximate surface area is 109 Å². The van der Waals surface area contributed by atoms with Crippen molar-refractivity contribution in [1.82, 2.24) is 0 Å². The van der Waals surface area contributed by atoms with Gasteiger partial charge in [-0.25, -0.2) is 0 Å². The fraction of sp³-hybridized carbons (Fsp3) is 0.364. The minimum Gasteiger partial charge on any atom is -0.324 e. The highest BCUT2D eigenvalue weighted by molar-refractivity contribution is 6.32. The second-order valence-corrected chi connectivity index (χ2v) is 4.59. The summed E-state index contributed by atoms with van der Waals surface area (Å²) in [5.41, 5.74) is 5.71. The molecule has 1 aromatic carbocycles. The molecule has 0 aliphatic rings. The number of anilines is 1. The summed E-state index contributed by atoms with van der Waals surface area (Å²) in [5, 5.41) is 13.2. The summed E-state index contributed by atoms with van der Waals surface area (Å²) in [5.74, 6) is -0.408. The number of hydrogen-bond acceptors (Lipinski definition) is 4. The van der Waals surface area contributed by atoms with Gasteiger partial charge < -0.3 is 11.1 Å². The van der Waals surface area contributed by atoms with E-state index in [1.807, 2.05) is 13.8 Å². The molecule has 0 bridgehead atoms. The van der Waals surface area contributed by atoms with Crippen molar-refractivity contribution in [3.05, 3.63) is 33.3 Å². The maximum absolute atomic E-state index is 11.7. The van der Waals surface area contributed by atoms with E-state index in [1.165, 1.54) is 18.2 Å². The standard InChI is InChI=1S/C11H14ClN3O3/c1-6(2)10(13)11(16)14-7-3-4-8(12)9(5-7)15(17)18/h3-6,10H,13H2,1-2H3,(H,14,16)/t10-/m1/s1. The fourth-order valence-electron chi connectivity index (χ4n) is 1.26. The van der Waals surface area contributed by atoms with Crippen molar-refractivity contribution >= 4 is 28.9 Å². The van der Waals surface area contributed by atoms with E-state index in [-0.39, 0.29) is 22.5 Å². The Bertz CT molecular complexity index is 477. The molecule has 0 unspecified atom stereocenters. The first kappa shape index (κ1) is 14.4. The molecule has 0 aliphatic heterocycles. The third-order valence-electron chi connectivity index (χ3n) is 2.43. The summed E-state index contributed by atoms with van der Waals surface area (Å²) in [6, 6.07) is 3.38. The van der Waals surface area contributed by atoms with Gasteiger partial charge in [-0.1, -0.05) is 25.4 Å². The summed E-state index contributed by atoms with van der Waals surface area (Å²) >= 11 is 5.66. The molecular formula is C11H14ClN3O3. The van der Waals surface area contributed by atoms with Crippen LogP contribution in [-0.4, -0.2) is 16.9 Å². The van der Waals surface area contributed by atoms with E-state index < -0.39 is 11.0 Å². The molecule has 0 heterocycles. The predicted molar refractivity (Wildman–Crippen MR) is 69.5 cm³/mol. The number of nitrogens with one attached hydrogen (secondary N) is 1. The highest BCUT2D eigenvalue weighted by Crippen LogP contribution is 2.27. The summed E-state index contributed by atoms with van der Waals surface area (Å²) in [6.07, 6.45) is 0. The minimum absolute atomic E-state index is 0.0196. The SMILES string of the molecule is CC(C)[C@@H](N)C(=O)Nc1ccc(Cl)c([N+](=O)[O-])c1. The van der Waals surface area contributed by atoms with Crippen molar-refractivity contribution in [2.24, 2.45) is 11.7 Å². The molecule has 0 saturated heterocycles. The van der Waals surface area contributed by atoms with Gasteiger partial charge in [0.15, 0.2) is 0 Å². The molecule has 1 rings (SSSR count). The zero-order chi connectivity index (χ0) is 13.9. The molecule has 1 atom stereocenters. The lowest BCUT2D eigenvalue weighted by Crippen LogP contribution is -2.39. The Morgan fingerprint density at radius 3 is 2.61 bits per heavy atom. The first-order valence-electron chi connectivity index (χ1n) is 5.33. The lowest BCUT2D eigenvalue weighted by Gasteiger charge is -2.15. The third kappa shape index (κ3) is 3.41. The third-order valence-corrected chi connectivity index (χ3v) is 2.75. The topological polar surface area (TPSA) is 98.3 Å². The number of rotatable bonds is 4. The van der Waals surface area contributed by atoms with E-state index in [1.54, 1.807) is 0 Å². The Kier molecular flexibility index (Phi) is 4.63. The highest BCUT2D eigenvalue weighted by Gasteiger charge is 2.19. The molecule has 6 nitrogen and oxygen atoms in total. The van der Waals surface area contributed by atoms with E-state index in [0.29, 0.717) is 5.69 Å². The van der Waals surface area contributed by atoms with Crippen molar-refractivity contribution in [2.45, 2.75) is 19.9 Å². The maximum Gasteiger partial charge on any atom is 0.289 e. The van der Waals surface area contributed by atoms with E-state index in [2.05, 4.69) is 5.32 Å². The van der Waals surface area contributed by atoms with Crippen molar-refractivity contribution in [3.8, 4) is 0 Å². The van der Waals surface area contributed by atoms with Crippen LogP contribution in [0, 0.1) is 16.0 Å². The molecule has 0 spiro atoms. The maximum atomic E-state index is 11.7. The minimum atomic E-state index is -0.667. The molecule has 0 radical (unpaired) electrons. The van der Waals surface area contributed by atoms with E-state index >= 15 is 0 Å². The van der Waals surface area contributed by atoms with Crippen LogP contribution in [0.4, 0.5) is 11.4 Å². The van der Waals surface area contributed by atoms with Gasteiger partial charge in [0.2, 0.25) is 5.91 Å². The van der Waals surface area contributed by atoms with Crippen LogP contribution < -0.4 is 11.1 Å². The Morgan fingerprint density at radius 1 is 1.50 bits per heavy atom. The molecule has 98 valence electrons. The molecule has 1 amide bonds. The van der Waals surface area contributed by atoms with Gasteiger partial charge in [-0.3, -0.25) is 14.9 Å². The van der Waals surface area contributed by atoms with Gasteiger partial charge in [-0.05, 0) is 18.1 Å². The number of nitrogens with two attached hydrogens (primary N) is 1. The van der Waals surface area contributed by atoms with Crippen LogP contribution in [0.1, 0.15) is 13.8 Å². The Balaban J connectivity index is 2.89. The van der Waals surface area contributed by atoms with Gasteiger partial charge >= 0.3 is 0 Å². The Hall–Kier alpha value is -1.66. The molecule has 7 heteroatoms. The lowest BCUT2D eigenvalue weighted by molar-refractivity contribution is -0.384. The number of halogens is 1. The predicted octanol–water partition coefficient (Wildman–Crippen LogP) is 2.17.